The molecule has 7 N–H and O–H groups in total. The van der Waals surface area contributed by atoms with Crippen LogP contribution in [0.15, 0.2) is 76.1 Å². The third kappa shape index (κ3) is 9.05. The van der Waals surface area contributed by atoms with Crippen molar-refractivity contribution in [2.45, 2.75) is 38.3 Å². The molecule has 2 atom stereocenters. The van der Waals surface area contributed by atoms with Crippen molar-refractivity contribution < 1.29 is 24.6 Å². The number of benzene rings is 2. The first-order valence-electron chi connectivity index (χ1n) is 13.8. The van der Waals surface area contributed by atoms with E-state index in [-0.39, 0.29) is 88.1 Å². The summed E-state index contributed by atoms with van der Waals surface area (Å²) < 4.78 is 0. The van der Waals surface area contributed by atoms with E-state index in [0.29, 0.717) is 38.3 Å². The van der Waals surface area contributed by atoms with Crippen LogP contribution in [0.5, 0.6) is 0 Å². The number of nitrogens with zero attached hydrogens (tertiary/aromatic N) is 3. The molecule has 11 nitrogen and oxygen atoms in total. The second kappa shape index (κ2) is 16.7. The second-order valence-corrected chi connectivity index (χ2v) is 11.2. The number of dihydropyridines is 1. The van der Waals surface area contributed by atoms with Crippen molar-refractivity contribution in [1.29, 1.82) is 0 Å². The van der Waals surface area contributed by atoms with Crippen molar-refractivity contribution in [3.63, 3.8) is 0 Å². The van der Waals surface area contributed by atoms with Gasteiger partial charge in [-0.3, -0.25) is 9.69 Å². The molecule has 0 aromatic heterocycles. The van der Waals surface area contributed by atoms with Crippen LogP contribution in [-0.4, -0.2) is 76.2 Å². The highest BCUT2D eigenvalue weighted by atomic mass is 35.5. The van der Waals surface area contributed by atoms with Crippen LogP contribution in [0.3, 0.4) is 0 Å². The predicted molar refractivity (Wildman–Crippen MR) is 179 cm³/mol. The van der Waals surface area contributed by atoms with Crippen LogP contribution < -0.4 is 16.8 Å². The van der Waals surface area contributed by atoms with Gasteiger partial charge in [-0.2, -0.15) is 0 Å². The molecule has 244 valence electrons. The van der Waals surface area contributed by atoms with Gasteiger partial charge in [0.15, 0.2) is 5.96 Å². The quantitative estimate of drug-likeness (QED) is 0.181. The largest absolute Gasteiger partial charge is 0.478 e. The van der Waals surface area contributed by atoms with E-state index in [4.69, 9.17) is 34.7 Å². The number of allylic oxidation sites excluding steroid dienone is 1. The number of carboxylic acids is 2. The van der Waals surface area contributed by atoms with E-state index in [1.807, 2.05) is 42.2 Å². The van der Waals surface area contributed by atoms with Gasteiger partial charge in [0.1, 0.15) is 6.17 Å². The first-order chi connectivity index (χ1) is 20.5. The molecule has 15 heteroatoms. The normalized spacial score (nSPS) is 17.4. The summed E-state index contributed by atoms with van der Waals surface area (Å²) in [5, 5.41) is 24.1. The van der Waals surface area contributed by atoms with Crippen molar-refractivity contribution in [2.24, 2.45) is 16.5 Å². The fourth-order valence-electron chi connectivity index (χ4n) is 5.55. The molecule has 0 bridgehead atoms. The highest BCUT2D eigenvalue weighted by molar-refractivity contribution is 6.36. The molecule has 45 heavy (non-hydrogen) atoms. The number of guanidine groups is 1. The molecule has 4 rings (SSSR count). The van der Waals surface area contributed by atoms with E-state index in [1.54, 1.807) is 11.0 Å². The zero-order chi connectivity index (χ0) is 31.3. The number of amides is 1. The van der Waals surface area contributed by atoms with Crippen molar-refractivity contribution in [3.8, 4) is 0 Å². The molecule has 0 aliphatic carbocycles. The van der Waals surface area contributed by atoms with Crippen molar-refractivity contribution in [3.05, 3.63) is 92.2 Å². The minimum absolute atomic E-state index is 0. The number of carboxylic acid groups (broad SMARTS) is 2. The van der Waals surface area contributed by atoms with Gasteiger partial charge in [0, 0.05) is 53.2 Å². The Morgan fingerprint density at radius 1 is 0.889 bits per heavy atom. The maximum atomic E-state index is 13.6. The summed E-state index contributed by atoms with van der Waals surface area (Å²) in [5.41, 5.74) is 12.1. The molecule has 2 unspecified atom stereocenters. The third-order valence-electron chi connectivity index (χ3n) is 7.64. The number of nitrogens with two attached hydrogens (primary N) is 2. The number of aliphatic carboxylic acids is 2. The summed E-state index contributed by atoms with van der Waals surface area (Å²) in [6.45, 7) is 3.66. The van der Waals surface area contributed by atoms with Gasteiger partial charge in [-0.25, -0.2) is 14.6 Å². The summed E-state index contributed by atoms with van der Waals surface area (Å²) >= 11 is 13.1. The molecule has 0 spiro atoms. The monoisotopic (exact) mass is 700 g/mol. The van der Waals surface area contributed by atoms with Gasteiger partial charge in [0.25, 0.3) is 0 Å². The Labute approximate surface area is 283 Å². The molecule has 2 aliphatic heterocycles. The number of halogens is 4. The lowest BCUT2D eigenvalue weighted by Crippen LogP contribution is -2.51. The van der Waals surface area contributed by atoms with Crippen LogP contribution in [0.1, 0.15) is 36.8 Å². The number of piperazine rings is 1. The van der Waals surface area contributed by atoms with E-state index < -0.39 is 17.9 Å². The predicted octanol–water partition coefficient (Wildman–Crippen LogP) is 3.99. The number of carbonyl (C=O) groups is 3. The molecular formula is C30H36Cl4N6O5. The Kier molecular flexibility index (Phi) is 14.0. The molecule has 2 heterocycles. The Balaban J connectivity index is 0.00000353. The Morgan fingerprint density at radius 2 is 1.44 bits per heavy atom. The molecule has 1 amide bonds. The third-order valence-corrected chi connectivity index (χ3v) is 8.30. The van der Waals surface area contributed by atoms with Gasteiger partial charge in [0.2, 0.25) is 5.91 Å². The van der Waals surface area contributed by atoms with Crippen LogP contribution in [-0.2, 0) is 20.8 Å². The van der Waals surface area contributed by atoms with Crippen LogP contribution in [0.2, 0.25) is 10.0 Å². The summed E-state index contributed by atoms with van der Waals surface area (Å²) in [7, 11) is 0. The number of rotatable bonds is 10. The van der Waals surface area contributed by atoms with Gasteiger partial charge in [-0.15, -0.1) is 24.8 Å². The minimum Gasteiger partial charge on any atom is -0.478 e. The Bertz CT molecular complexity index is 1470. The molecule has 1 fully saturated rings. The molecule has 0 saturated carbocycles. The van der Waals surface area contributed by atoms with Crippen LogP contribution >= 0.6 is 48.0 Å². The van der Waals surface area contributed by atoms with E-state index in [1.165, 1.54) is 12.1 Å². The number of hydrogen-bond donors (Lipinski definition) is 5. The van der Waals surface area contributed by atoms with Gasteiger partial charge in [-0.1, -0.05) is 59.6 Å². The highest BCUT2D eigenvalue weighted by Gasteiger charge is 2.41. The molecule has 2 aromatic rings. The number of nitrogens with one attached hydrogen (secondary N) is 1. The number of hydrogen-bond acceptors (Lipinski definition) is 6. The lowest BCUT2D eigenvalue weighted by Gasteiger charge is -2.37. The van der Waals surface area contributed by atoms with Crippen LogP contribution in [0.4, 0.5) is 0 Å². The standard InChI is InChI=1S/C30H34Cl2N6O5.2ClH/c1-17(35-30(33)34)37-12-14-38(15-13-37)23(39)16-22-26(29(42)43)27(24-19(31)8-5-9-20(24)32)25(28(40)41)21(36-22)11-10-18-6-3-2-4-7-18;;/h2-9,17,27,36H,10-16H2,1H3,(H,40,41)(H,42,43)(H4,33,34,35);2*1H. The van der Waals surface area contributed by atoms with E-state index in [0.717, 1.165) is 5.56 Å². The Hall–Kier alpha value is -3.48. The summed E-state index contributed by atoms with van der Waals surface area (Å²) in [6, 6.07) is 14.1. The molecule has 0 radical (unpaired) electrons. The van der Waals surface area contributed by atoms with E-state index in [9.17, 15) is 24.6 Å². The average molecular weight is 702 g/mol. The number of aryl methyl sites for hydroxylation is 1. The lowest BCUT2D eigenvalue weighted by atomic mass is 9.78. The number of aliphatic imine (C=N–C) groups is 1. The minimum atomic E-state index is -1.38. The second-order valence-electron chi connectivity index (χ2n) is 10.4. The molecular weight excluding hydrogens is 666 g/mol. The van der Waals surface area contributed by atoms with Gasteiger partial charge in [0.05, 0.1) is 23.5 Å². The fourth-order valence-corrected chi connectivity index (χ4v) is 6.16. The zero-order valence-electron chi connectivity index (χ0n) is 24.4. The van der Waals surface area contributed by atoms with Gasteiger partial charge >= 0.3 is 11.9 Å². The van der Waals surface area contributed by atoms with Gasteiger partial charge in [-0.05, 0) is 37.5 Å². The topological polar surface area (TPSA) is 175 Å². The summed E-state index contributed by atoms with van der Waals surface area (Å²) in [4.78, 5) is 47.0. The van der Waals surface area contributed by atoms with Crippen molar-refractivity contribution >= 4 is 71.8 Å². The summed E-state index contributed by atoms with van der Waals surface area (Å²) in [5.74, 6) is -4.34. The average Bonchev–Trinajstić information content (AvgIpc) is 2.95. The zero-order valence-corrected chi connectivity index (χ0v) is 27.6. The number of carbonyl (C=O) groups excluding carboxylic acids is 1. The molecule has 2 aliphatic rings. The van der Waals surface area contributed by atoms with E-state index in [2.05, 4.69) is 10.3 Å². The lowest BCUT2D eigenvalue weighted by molar-refractivity contribution is -0.133. The van der Waals surface area contributed by atoms with Gasteiger partial charge < -0.3 is 31.9 Å². The van der Waals surface area contributed by atoms with E-state index >= 15 is 0 Å². The smallest absolute Gasteiger partial charge is 0.334 e. The van der Waals surface area contributed by atoms with Crippen LogP contribution in [0.25, 0.3) is 0 Å². The van der Waals surface area contributed by atoms with Crippen molar-refractivity contribution in [1.82, 2.24) is 15.1 Å². The first kappa shape index (κ1) is 37.7. The summed E-state index contributed by atoms with van der Waals surface area (Å²) in [6.07, 6.45) is 0.181. The Morgan fingerprint density at radius 3 is 1.98 bits per heavy atom. The molecule has 2 aromatic carbocycles. The fraction of sp³-hybridized carbons (Fsp3) is 0.333. The first-order valence-corrected chi connectivity index (χ1v) is 14.5. The maximum Gasteiger partial charge on any atom is 0.334 e. The maximum absolute atomic E-state index is 13.6. The van der Waals surface area contributed by atoms with Crippen LogP contribution in [0, 0.1) is 0 Å². The van der Waals surface area contributed by atoms with Crippen molar-refractivity contribution in [2.75, 3.05) is 26.2 Å². The highest BCUT2D eigenvalue weighted by Crippen LogP contribution is 2.45. The SMILES string of the molecule is CC(N=C(N)N)N1CCN(C(=O)CC2=C(C(=O)O)C(c3c(Cl)cccc3Cl)C(C(=O)O)=C(CCc3ccccc3)N2)CC1.Cl.Cl. The molecule has 1 saturated heterocycles.